The number of allylic oxidation sites excluding steroid dienone is 2. The van der Waals surface area contributed by atoms with Crippen LogP contribution in [-0.2, 0) is 0 Å². The fourth-order valence-electron chi connectivity index (χ4n) is 3.42. The van der Waals surface area contributed by atoms with Crippen molar-refractivity contribution >= 4 is 11.6 Å². The van der Waals surface area contributed by atoms with Gasteiger partial charge in [-0.25, -0.2) is 0 Å². The van der Waals surface area contributed by atoms with Crippen LogP contribution in [0, 0.1) is 0 Å². The van der Waals surface area contributed by atoms with Crippen molar-refractivity contribution in [2.45, 2.75) is 53.4 Å². The van der Waals surface area contributed by atoms with E-state index < -0.39 is 0 Å². The average molecular weight is 418 g/mol. The second-order valence-electron chi connectivity index (χ2n) is 7.44. The molecule has 0 saturated carbocycles. The highest BCUT2D eigenvalue weighted by molar-refractivity contribution is 6.32. The first-order valence-corrected chi connectivity index (χ1v) is 11.3. The van der Waals surface area contributed by atoms with Crippen LogP contribution in [0.1, 0.15) is 53.4 Å². The van der Waals surface area contributed by atoms with Crippen LogP contribution in [0.25, 0.3) is 0 Å². The summed E-state index contributed by atoms with van der Waals surface area (Å²) in [4.78, 5) is 2.45. The maximum absolute atomic E-state index is 6.39. The summed E-state index contributed by atoms with van der Waals surface area (Å²) in [6.07, 6.45) is 11.2. The Labute approximate surface area is 182 Å². The highest BCUT2D eigenvalue weighted by Crippen LogP contribution is 2.30. The zero-order valence-electron chi connectivity index (χ0n) is 18.5. The van der Waals surface area contributed by atoms with Gasteiger partial charge < -0.3 is 9.47 Å². The minimum atomic E-state index is 0.563. The van der Waals surface area contributed by atoms with Gasteiger partial charge in [-0.2, -0.15) is 0 Å². The third-order valence-corrected chi connectivity index (χ3v) is 5.47. The lowest BCUT2D eigenvalue weighted by molar-refractivity contribution is 0.247. The van der Waals surface area contributed by atoms with E-state index in [1.807, 2.05) is 32.0 Å². The van der Waals surface area contributed by atoms with E-state index in [2.05, 4.69) is 37.0 Å². The molecule has 0 saturated heterocycles. The van der Waals surface area contributed by atoms with Crippen molar-refractivity contribution in [1.82, 2.24) is 4.90 Å². The first kappa shape index (κ1) is 23.6. The van der Waals surface area contributed by atoms with Gasteiger partial charge in [0.15, 0.2) is 0 Å². The summed E-state index contributed by atoms with van der Waals surface area (Å²) in [5.41, 5.74) is 4.08. The van der Waals surface area contributed by atoms with Gasteiger partial charge in [-0.15, -0.1) is 0 Å². The first-order chi connectivity index (χ1) is 14.1. The number of halogens is 1. The van der Waals surface area contributed by atoms with E-state index >= 15 is 0 Å². The Balaban J connectivity index is 0.00000145. The molecule has 0 radical (unpaired) electrons. The number of hydrogen-bond acceptors (Lipinski definition) is 3. The molecule has 1 aromatic carbocycles. The second-order valence-corrected chi connectivity index (χ2v) is 7.85. The molecular weight excluding hydrogens is 382 g/mol. The van der Waals surface area contributed by atoms with Crippen molar-refractivity contribution in [2.75, 3.05) is 32.8 Å². The fraction of sp³-hybridized carbons (Fsp3) is 0.520. The molecule has 3 nitrogen and oxygen atoms in total. The molecule has 2 aliphatic rings. The van der Waals surface area contributed by atoms with E-state index in [0.717, 1.165) is 51.1 Å². The molecule has 1 aliphatic carbocycles. The van der Waals surface area contributed by atoms with Crippen molar-refractivity contribution in [3.8, 4) is 11.5 Å². The molecule has 0 aromatic heterocycles. The lowest BCUT2D eigenvalue weighted by Crippen LogP contribution is -2.29. The molecule has 0 unspecified atom stereocenters. The maximum atomic E-state index is 6.39. The topological polar surface area (TPSA) is 21.7 Å². The van der Waals surface area contributed by atoms with Crippen molar-refractivity contribution < 1.29 is 9.47 Å². The second kappa shape index (κ2) is 12.8. The van der Waals surface area contributed by atoms with Crippen LogP contribution in [-0.4, -0.2) is 37.7 Å². The number of hydrogen-bond donors (Lipinski definition) is 0. The molecule has 1 aliphatic heterocycles. The zero-order valence-corrected chi connectivity index (χ0v) is 19.2. The van der Waals surface area contributed by atoms with Gasteiger partial charge in [-0.1, -0.05) is 54.8 Å². The standard InChI is InChI=1S/C23H30ClNO2.C2H6/c1-18-7-8-19(2)20(15-18)17-27-23-10-9-21(16-22(23)24)26-14-6-13-25-11-4-3-5-12-25;1-2/h3-4,9-10,15-16H,5-8,11-14,17H2,1-2H3;1-2H3. The highest BCUT2D eigenvalue weighted by Gasteiger charge is 2.10. The molecule has 0 spiro atoms. The van der Waals surface area contributed by atoms with E-state index in [-0.39, 0.29) is 0 Å². The lowest BCUT2D eigenvalue weighted by Gasteiger charge is -2.22. The molecule has 0 N–H and O–H groups in total. The fourth-order valence-corrected chi connectivity index (χ4v) is 3.64. The van der Waals surface area contributed by atoms with Gasteiger partial charge in [-0.05, 0) is 57.2 Å². The zero-order chi connectivity index (χ0) is 21.1. The normalized spacial score (nSPS) is 16.8. The van der Waals surface area contributed by atoms with Crippen molar-refractivity contribution in [2.24, 2.45) is 0 Å². The minimum absolute atomic E-state index is 0.563. The van der Waals surface area contributed by atoms with Gasteiger partial charge in [0.05, 0.1) is 11.6 Å². The molecular formula is C25H36ClNO2. The summed E-state index contributed by atoms with van der Waals surface area (Å²) >= 11 is 6.39. The Morgan fingerprint density at radius 2 is 1.90 bits per heavy atom. The number of rotatable bonds is 8. The quantitative estimate of drug-likeness (QED) is 0.341. The molecule has 0 atom stereocenters. The van der Waals surface area contributed by atoms with Crippen molar-refractivity contribution in [3.63, 3.8) is 0 Å². The molecule has 29 heavy (non-hydrogen) atoms. The minimum Gasteiger partial charge on any atom is -0.493 e. The van der Waals surface area contributed by atoms with Crippen molar-refractivity contribution in [1.29, 1.82) is 0 Å². The summed E-state index contributed by atoms with van der Waals surface area (Å²) in [5, 5.41) is 0.600. The van der Waals surface area contributed by atoms with E-state index in [1.54, 1.807) is 0 Å². The summed E-state index contributed by atoms with van der Waals surface area (Å²) in [7, 11) is 0. The molecule has 4 heteroatoms. The van der Waals surface area contributed by atoms with E-state index in [0.29, 0.717) is 24.0 Å². The molecule has 0 bridgehead atoms. The van der Waals surface area contributed by atoms with E-state index in [9.17, 15) is 0 Å². The molecule has 1 aromatic rings. The van der Waals surface area contributed by atoms with E-state index in [1.165, 1.54) is 16.7 Å². The number of nitrogens with zero attached hydrogens (tertiary/aromatic N) is 1. The van der Waals surface area contributed by atoms with Crippen molar-refractivity contribution in [3.05, 3.63) is 58.2 Å². The average Bonchev–Trinajstić information content (AvgIpc) is 2.75. The molecule has 1 heterocycles. The van der Waals surface area contributed by atoms with Gasteiger partial charge >= 0.3 is 0 Å². The maximum Gasteiger partial charge on any atom is 0.138 e. The van der Waals surface area contributed by atoms with Crippen LogP contribution >= 0.6 is 11.6 Å². The van der Waals surface area contributed by atoms with Crippen LogP contribution in [0.3, 0.4) is 0 Å². The molecule has 3 rings (SSSR count). The smallest absolute Gasteiger partial charge is 0.138 e. The number of ether oxygens (including phenoxy) is 2. The van der Waals surface area contributed by atoms with Crippen LogP contribution in [0.2, 0.25) is 5.02 Å². The van der Waals surface area contributed by atoms with Crippen LogP contribution in [0.4, 0.5) is 0 Å². The van der Waals surface area contributed by atoms with E-state index in [4.69, 9.17) is 21.1 Å². The summed E-state index contributed by atoms with van der Waals surface area (Å²) in [6.45, 7) is 12.9. The molecule has 0 amide bonds. The molecule has 0 fully saturated rings. The summed E-state index contributed by atoms with van der Waals surface area (Å²) in [5.74, 6) is 1.51. The van der Waals surface area contributed by atoms with Gasteiger partial charge in [0, 0.05) is 25.7 Å². The monoisotopic (exact) mass is 417 g/mol. The Morgan fingerprint density at radius 1 is 1.07 bits per heavy atom. The van der Waals surface area contributed by atoms with Gasteiger partial charge in [0.1, 0.15) is 18.1 Å². The summed E-state index contributed by atoms with van der Waals surface area (Å²) < 4.78 is 11.8. The third kappa shape index (κ3) is 7.91. The van der Waals surface area contributed by atoms with Crippen LogP contribution < -0.4 is 9.47 Å². The highest BCUT2D eigenvalue weighted by atomic mass is 35.5. The van der Waals surface area contributed by atoms with Crippen LogP contribution in [0.5, 0.6) is 11.5 Å². The predicted molar refractivity (Wildman–Crippen MR) is 124 cm³/mol. The van der Waals surface area contributed by atoms with Gasteiger partial charge in [0.25, 0.3) is 0 Å². The third-order valence-electron chi connectivity index (χ3n) is 5.18. The Hall–Kier alpha value is -1.71. The predicted octanol–water partition coefficient (Wildman–Crippen LogP) is 6.83. The lowest BCUT2D eigenvalue weighted by atomic mass is 9.94. The first-order valence-electron chi connectivity index (χ1n) is 10.9. The Bertz CT molecular complexity index is 736. The number of benzene rings is 1. The Kier molecular flexibility index (Phi) is 10.4. The largest absolute Gasteiger partial charge is 0.493 e. The van der Waals surface area contributed by atoms with Crippen LogP contribution in [0.15, 0.2) is 53.1 Å². The van der Waals surface area contributed by atoms with Gasteiger partial charge in [-0.3, -0.25) is 4.90 Å². The SMILES string of the molecule is CC.CC1=CC(COc2ccc(OCCCN3CC=CCC3)cc2Cl)=C(C)CC1. The van der Waals surface area contributed by atoms with Gasteiger partial charge in [0.2, 0.25) is 0 Å². The molecule has 160 valence electrons. The Morgan fingerprint density at radius 3 is 2.62 bits per heavy atom. The summed E-state index contributed by atoms with van der Waals surface area (Å²) in [6, 6.07) is 5.69.